The third kappa shape index (κ3) is 2.63. The summed E-state index contributed by atoms with van der Waals surface area (Å²) in [6.45, 7) is 4.15. The van der Waals surface area contributed by atoms with Gasteiger partial charge in [0.05, 0.1) is 6.04 Å². The molecule has 0 spiro atoms. The van der Waals surface area contributed by atoms with Crippen molar-refractivity contribution in [1.82, 2.24) is 5.32 Å². The molecule has 1 aliphatic carbocycles. The highest BCUT2D eigenvalue weighted by Crippen LogP contribution is 2.24. The first-order valence-corrected chi connectivity index (χ1v) is 5.40. The number of hydrogen-bond donors (Lipinski definition) is 1. The number of amides is 1. The average Bonchev–Trinajstić information content (AvgIpc) is 2.33. The maximum Gasteiger partial charge on any atom is 0.407 e. The van der Waals surface area contributed by atoms with Gasteiger partial charge < -0.3 is 10.1 Å². The van der Waals surface area contributed by atoms with Gasteiger partial charge >= 0.3 is 6.09 Å². The lowest BCUT2D eigenvalue weighted by molar-refractivity contribution is 0.134. The van der Waals surface area contributed by atoms with Gasteiger partial charge in [-0.15, -0.1) is 0 Å². The number of hydrogen-bond acceptors (Lipinski definition) is 2. The number of nitrogens with one attached hydrogen (secondary N) is 1. The van der Waals surface area contributed by atoms with Crippen molar-refractivity contribution in [2.45, 2.75) is 25.5 Å². The van der Waals surface area contributed by atoms with Crippen molar-refractivity contribution in [2.75, 3.05) is 0 Å². The summed E-state index contributed by atoms with van der Waals surface area (Å²) >= 11 is 0. The second kappa shape index (κ2) is 4.84. The Balaban J connectivity index is 1.74. The summed E-state index contributed by atoms with van der Waals surface area (Å²) in [5, 5.41) is 2.78. The van der Waals surface area contributed by atoms with Gasteiger partial charge in [0.25, 0.3) is 0 Å². The Morgan fingerprint density at radius 2 is 2.19 bits per heavy atom. The van der Waals surface area contributed by atoms with E-state index in [9.17, 15) is 4.79 Å². The largest absolute Gasteiger partial charge is 0.445 e. The molecule has 1 aliphatic rings. The maximum atomic E-state index is 11.4. The van der Waals surface area contributed by atoms with E-state index in [1.807, 2.05) is 30.3 Å². The molecule has 1 aromatic rings. The Morgan fingerprint density at radius 1 is 1.44 bits per heavy atom. The van der Waals surface area contributed by atoms with Crippen LogP contribution in [0.4, 0.5) is 4.79 Å². The van der Waals surface area contributed by atoms with E-state index in [0.717, 1.165) is 24.0 Å². The Hall–Kier alpha value is -1.77. The van der Waals surface area contributed by atoms with Gasteiger partial charge in [-0.05, 0) is 18.4 Å². The fraction of sp³-hybridized carbons (Fsp3) is 0.308. The van der Waals surface area contributed by atoms with Gasteiger partial charge in [0.15, 0.2) is 0 Å². The molecule has 1 amide bonds. The monoisotopic (exact) mass is 217 g/mol. The highest BCUT2D eigenvalue weighted by atomic mass is 16.5. The number of carbonyl (C=O) groups excluding carboxylic acids is 1. The molecular weight excluding hydrogens is 202 g/mol. The van der Waals surface area contributed by atoms with Crippen LogP contribution in [0.1, 0.15) is 18.4 Å². The van der Waals surface area contributed by atoms with Gasteiger partial charge in [0, 0.05) is 0 Å². The Morgan fingerprint density at radius 3 is 2.75 bits per heavy atom. The summed E-state index contributed by atoms with van der Waals surface area (Å²) in [6, 6.07) is 9.74. The highest BCUT2D eigenvalue weighted by Gasteiger charge is 2.24. The molecule has 1 atom stereocenters. The quantitative estimate of drug-likeness (QED) is 0.790. The van der Waals surface area contributed by atoms with Crippen LogP contribution in [-0.4, -0.2) is 12.1 Å². The highest BCUT2D eigenvalue weighted by molar-refractivity contribution is 5.68. The van der Waals surface area contributed by atoms with Gasteiger partial charge in [-0.2, -0.15) is 0 Å². The first kappa shape index (κ1) is 10.7. The van der Waals surface area contributed by atoms with Gasteiger partial charge in [0.1, 0.15) is 6.61 Å². The van der Waals surface area contributed by atoms with Gasteiger partial charge in [-0.25, -0.2) is 4.79 Å². The van der Waals surface area contributed by atoms with E-state index < -0.39 is 0 Å². The maximum absolute atomic E-state index is 11.4. The van der Waals surface area contributed by atoms with E-state index in [1.165, 1.54) is 0 Å². The van der Waals surface area contributed by atoms with Crippen LogP contribution in [0.5, 0.6) is 0 Å². The average molecular weight is 217 g/mol. The zero-order valence-electron chi connectivity index (χ0n) is 9.11. The molecule has 16 heavy (non-hydrogen) atoms. The second-order valence-electron chi connectivity index (χ2n) is 3.96. The third-order valence-corrected chi connectivity index (χ3v) is 2.75. The molecule has 0 radical (unpaired) electrons. The van der Waals surface area contributed by atoms with Crippen molar-refractivity contribution in [3.8, 4) is 0 Å². The summed E-state index contributed by atoms with van der Waals surface area (Å²) < 4.78 is 5.09. The second-order valence-corrected chi connectivity index (χ2v) is 3.96. The minimum atomic E-state index is -0.366. The van der Waals surface area contributed by atoms with Crippen molar-refractivity contribution in [2.24, 2.45) is 0 Å². The van der Waals surface area contributed by atoms with E-state index in [4.69, 9.17) is 4.74 Å². The van der Waals surface area contributed by atoms with E-state index in [0.29, 0.717) is 6.61 Å². The molecule has 1 fully saturated rings. The smallest absolute Gasteiger partial charge is 0.407 e. The fourth-order valence-corrected chi connectivity index (χ4v) is 1.57. The number of benzene rings is 1. The van der Waals surface area contributed by atoms with E-state index >= 15 is 0 Å². The fourth-order valence-electron chi connectivity index (χ4n) is 1.57. The predicted molar refractivity (Wildman–Crippen MR) is 61.9 cm³/mol. The molecule has 3 nitrogen and oxygen atoms in total. The van der Waals surface area contributed by atoms with Gasteiger partial charge in [0.2, 0.25) is 0 Å². The zero-order valence-corrected chi connectivity index (χ0v) is 9.11. The Bertz CT molecular complexity index is 386. The SMILES string of the molecule is C=C1CCC1NC(=O)OCc1ccccc1. The minimum absolute atomic E-state index is 0.114. The Labute approximate surface area is 95.1 Å². The number of ether oxygens (including phenoxy) is 1. The molecule has 0 saturated heterocycles. The van der Waals surface area contributed by atoms with E-state index in [1.54, 1.807) is 0 Å². The van der Waals surface area contributed by atoms with Gasteiger partial charge in [-0.3, -0.25) is 0 Å². The molecule has 1 N–H and O–H groups in total. The number of rotatable bonds is 3. The minimum Gasteiger partial charge on any atom is -0.445 e. The summed E-state index contributed by atoms with van der Waals surface area (Å²) in [5.74, 6) is 0. The van der Waals surface area contributed by atoms with E-state index in [-0.39, 0.29) is 12.1 Å². The molecule has 3 heteroatoms. The molecule has 84 valence electrons. The summed E-state index contributed by atoms with van der Waals surface area (Å²) in [6.07, 6.45) is 1.61. The predicted octanol–water partition coefficient (Wildman–Crippen LogP) is 2.63. The molecule has 1 aromatic carbocycles. The normalized spacial score (nSPS) is 18.8. The van der Waals surface area contributed by atoms with Crippen LogP contribution < -0.4 is 5.32 Å². The molecule has 0 aliphatic heterocycles. The number of carbonyl (C=O) groups is 1. The first-order valence-electron chi connectivity index (χ1n) is 5.40. The van der Waals surface area contributed by atoms with Crippen LogP contribution in [0.25, 0.3) is 0 Å². The van der Waals surface area contributed by atoms with Crippen molar-refractivity contribution in [3.63, 3.8) is 0 Å². The van der Waals surface area contributed by atoms with Crippen molar-refractivity contribution in [1.29, 1.82) is 0 Å². The van der Waals surface area contributed by atoms with Crippen LogP contribution in [0, 0.1) is 0 Å². The topological polar surface area (TPSA) is 38.3 Å². The first-order chi connectivity index (χ1) is 7.75. The molecule has 0 bridgehead atoms. The van der Waals surface area contributed by atoms with E-state index in [2.05, 4.69) is 11.9 Å². The lowest BCUT2D eigenvalue weighted by Gasteiger charge is -2.29. The summed E-state index contributed by atoms with van der Waals surface area (Å²) in [5.41, 5.74) is 2.07. The standard InChI is InChI=1S/C13H15NO2/c1-10-7-8-12(10)14-13(15)16-9-11-5-3-2-4-6-11/h2-6,12H,1,7-9H2,(H,14,15). The molecule has 0 aromatic heterocycles. The van der Waals surface area contributed by atoms with Gasteiger partial charge in [-0.1, -0.05) is 42.5 Å². The van der Waals surface area contributed by atoms with Crippen LogP contribution in [-0.2, 0) is 11.3 Å². The Kier molecular flexibility index (Phi) is 3.25. The summed E-state index contributed by atoms with van der Waals surface area (Å²) in [7, 11) is 0. The molecular formula is C13H15NO2. The zero-order chi connectivity index (χ0) is 11.4. The van der Waals surface area contributed by atoms with Crippen molar-refractivity contribution < 1.29 is 9.53 Å². The molecule has 0 heterocycles. The molecule has 1 unspecified atom stereocenters. The van der Waals surface area contributed by atoms with Crippen LogP contribution in [0.15, 0.2) is 42.5 Å². The summed E-state index contributed by atoms with van der Waals surface area (Å²) in [4.78, 5) is 11.4. The van der Waals surface area contributed by atoms with Crippen LogP contribution in [0.3, 0.4) is 0 Å². The van der Waals surface area contributed by atoms with Crippen molar-refractivity contribution >= 4 is 6.09 Å². The molecule has 2 rings (SSSR count). The third-order valence-electron chi connectivity index (χ3n) is 2.75. The lowest BCUT2D eigenvalue weighted by Crippen LogP contribution is -2.41. The number of alkyl carbamates (subject to hydrolysis) is 1. The van der Waals surface area contributed by atoms with Crippen molar-refractivity contribution in [3.05, 3.63) is 48.0 Å². The lowest BCUT2D eigenvalue weighted by atomic mass is 9.88. The molecule has 1 saturated carbocycles. The van der Waals surface area contributed by atoms with Crippen LogP contribution >= 0.6 is 0 Å². The van der Waals surface area contributed by atoms with Crippen LogP contribution in [0.2, 0.25) is 0 Å².